The van der Waals surface area contributed by atoms with Crippen LogP contribution < -0.4 is 67.4 Å². The number of likely N-dealkylation sites (tertiary alicyclic amines) is 1. The number of para-hydroxylation sites is 3. The number of hydrogen-bond donors (Lipinski definition) is 5. The van der Waals surface area contributed by atoms with E-state index in [0.717, 1.165) is 49.2 Å². The maximum Gasteiger partial charge on any atom is 0.323 e. The van der Waals surface area contributed by atoms with Crippen LogP contribution >= 0.6 is 0 Å². The summed E-state index contributed by atoms with van der Waals surface area (Å²) in [6.45, 7) is 7.32. The molecule has 16 rings (SSSR count). The first-order valence-corrected chi connectivity index (χ1v) is 38.0. The van der Waals surface area contributed by atoms with E-state index in [4.69, 9.17) is 29.4 Å². The molecule has 7 aromatic carbocycles. The number of nitrogens with one attached hydrogen (secondary N) is 4. The number of hydrogen-bond acceptors (Lipinski definition) is 19. The lowest BCUT2D eigenvalue weighted by Crippen LogP contribution is -2.34. The van der Waals surface area contributed by atoms with Gasteiger partial charge in [-0.15, -0.1) is 5.10 Å². The fourth-order valence-corrected chi connectivity index (χ4v) is 14.4. The summed E-state index contributed by atoms with van der Waals surface area (Å²) in [6.07, 6.45) is 8.25. The van der Waals surface area contributed by atoms with Crippen LogP contribution in [0.4, 0.5) is 30.8 Å². The van der Waals surface area contributed by atoms with Crippen molar-refractivity contribution in [2.75, 3.05) is 49.8 Å². The Morgan fingerprint density at radius 3 is 1.55 bits per heavy atom. The number of ether oxygens (including phenoxy) is 5. The number of carbonyl (C=O) groups is 4. The maximum atomic E-state index is 15.2. The number of anilines is 3. The highest BCUT2D eigenvalue weighted by atomic mass is 19.1. The number of halogens is 2. The summed E-state index contributed by atoms with van der Waals surface area (Å²) in [6, 6.07) is 55.5. The number of methoxy groups -OCH3 is 2. The molecular formula is C88H83F2N17O12. The minimum absolute atomic E-state index is 0.0201. The number of Topliss-reactive ketones (excluding diaryl/α,β-unsaturated/α-hetero) is 1. The summed E-state index contributed by atoms with van der Waals surface area (Å²) in [4.78, 5) is 107. The molecule has 0 saturated carbocycles. The van der Waals surface area contributed by atoms with Crippen molar-refractivity contribution >= 4 is 62.6 Å². The Labute approximate surface area is 679 Å². The third kappa shape index (κ3) is 17.6. The molecule has 2 aliphatic heterocycles. The van der Waals surface area contributed by atoms with Crippen molar-refractivity contribution in [3.8, 4) is 63.2 Å². The van der Waals surface area contributed by atoms with Crippen molar-refractivity contribution in [3.63, 3.8) is 0 Å². The lowest BCUT2D eigenvalue weighted by Gasteiger charge is -2.22. The van der Waals surface area contributed by atoms with E-state index in [2.05, 4.69) is 46.4 Å². The van der Waals surface area contributed by atoms with Crippen LogP contribution in [0.25, 0.3) is 38.9 Å². The van der Waals surface area contributed by atoms with Crippen molar-refractivity contribution < 1.29 is 51.6 Å². The van der Waals surface area contributed by atoms with E-state index < -0.39 is 40.1 Å². The summed E-state index contributed by atoms with van der Waals surface area (Å²) in [5.74, 6) is -0.0415. The highest BCUT2D eigenvalue weighted by Gasteiger charge is 2.35. The number of rotatable bonds is 21. The average Bonchev–Trinajstić information content (AvgIpc) is 1.61. The topological polar surface area (TPSA) is 337 Å². The van der Waals surface area contributed by atoms with Crippen molar-refractivity contribution in [3.05, 3.63) is 301 Å². The van der Waals surface area contributed by atoms with Gasteiger partial charge in [-0.05, 0) is 162 Å². The second-order valence-corrected chi connectivity index (χ2v) is 28.6. The first kappa shape index (κ1) is 80.9. The van der Waals surface area contributed by atoms with Gasteiger partial charge in [-0.1, -0.05) is 54.6 Å². The van der Waals surface area contributed by atoms with Crippen molar-refractivity contribution in [2.45, 2.75) is 64.5 Å². The molecule has 7 aromatic heterocycles. The van der Waals surface area contributed by atoms with E-state index in [-0.39, 0.29) is 86.8 Å². The quantitative estimate of drug-likeness (QED) is 0.0417. The second-order valence-electron chi connectivity index (χ2n) is 28.6. The van der Waals surface area contributed by atoms with Crippen LogP contribution in [0.3, 0.4) is 0 Å². The zero-order chi connectivity index (χ0) is 83.8. The number of pyridine rings is 3. The molecule has 1 unspecified atom stereocenters. The van der Waals surface area contributed by atoms with Gasteiger partial charge in [-0.3, -0.25) is 58.1 Å². The summed E-state index contributed by atoms with van der Waals surface area (Å²) in [5.41, 5.74) is 9.52. The minimum Gasteiger partial charge on any atom is -0.497 e. The molecule has 606 valence electrons. The summed E-state index contributed by atoms with van der Waals surface area (Å²) in [7, 11) is 8.35. The highest BCUT2D eigenvalue weighted by Crippen LogP contribution is 2.36. The molecule has 0 radical (unpaired) electrons. The van der Waals surface area contributed by atoms with Gasteiger partial charge in [-0.25, -0.2) is 32.6 Å². The van der Waals surface area contributed by atoms with E-state index in [1.54, 1.807) is 154 Å². The van der Waals surface area contributed by atoms with Crippen molar-refractivity contribution in [1.29, 1.82) is 0 Å². The van der Waals surface area contributed by atoms with Gasteiger partial charge in [0.05, 0.1) is 77.4 Å². The van der Waals surface area contributed by atoms with Crippen LogP contribution in [0.5, 0.6) is 46.1 Å². The Bertz CT molecular complexity index is 6330. The lowest BCUT2D eigenvalue weighted by molar-refractivity contribution is 0.0986. The van der Waals surface area contributed by atoms with E-state index in [1.165, 1.54) is 62.7 Å². The van der Waals surface area contributed by atoms with Gasteiger partial charge in [0.2, 0.25) is 5.88 Å². The van der Waals surface area contributed by atoms with Crippen LogP contribution in [0, 0.1) is 18.6 Å². The average molecular weight is 1610 g/mol. The summed E-state index contributed by atoms with van der Waals surface area (Å²) >= 11 is 0. The highest BCUT2D eigenvalue weighted by molar-refractivity contribution is 6.06. The molecule has 9 heterocycles. The molecule has 119 heavy (non-hydrogen) atoms. The number of urea groups is 1. The van der Waals surface area contributed by atoms with Gasteiger partial charge in [0.1, 0.15) is 51.3 Å². The molecule has 0 spiro atoms. The van der Waals surface area contributed by atoms with E-state index in [0.29, 0.717) is 86.8 Å². The fourth-order valence-electron chi connectivity index (χ4n) is 14.4. The number of nitrogens with zero attached hydrogens (tertiary/aromatic N) is 12. The first-order chi connectivity index (χ1) is 57.4. The Balaban J connectivity index is 0.000000147. The molecule has 2 fully saturated rings. The molecule has 0 aliphatic carbocycles. The molecule has 14 aromatic rings. The molecule has 0 bridgehead atoms. The largest absolute Gasteiger partial charge is 0.497 e. The van der Waals surface area contributed by atoms with Crippen LogP contribution in [-0.2, 0) is 33.1 Å². The predicted octanol–water partition coefficient (Wildman–Crippen LogP) is 14.0. The Hall–Kier alpha value is -14.7. The standard InChI is InChI=1S/C31H28FN5O4.C30H32FN7O4.C27H23N5O4/c1-36-29(24-9-6-15-33-24)28(31(39)37(36)20-7-4-3-5-8-20)30(38)35-19-10-13-27(23(32)17-19)41-26-14-16-34-25-18-21(40-2)11-12-22(25)26;1-30(2,32)26-25(28(40)38(36(26)3)20-9-5-4-6-10-20)27(39)34-19-11-12-23(22(31)17-19)42-21-13-14-33-24(18-21)35-29(41)37-15-7-8-16-37;1-17-26(27(34)32(31(17)2)19-7-5-4-6-8-19)23(33)15-18-9-12-25(30-29-18)36-24-13-14-28-22-16-20(35-3)10-11-21(22)24/h3-5,7-8,10-14,16-18,24,33H,6,9,15H2,1-2H3,(H,35,38);4-6,9-14,17-18H,7-8,15-16,32H2,1-3H3,(H,34,39)(H,33,35,41);4-14,16H,15H2,1-3H3. The van der Waals surface area contributed by atoms with Gasteiger partial charge >= 0.3 is 6.03 Å². The smallest absolute Gasteiger partial charge is 0.323 e. The lowest BCUT2D eigenvalue weighted by atomic mass is 9.97. The van der Waals surface area contributed by atoms with Crippen molar-refractivity contribution in [2.24, 2.45) is 26.9 Å². The first-order valence-electron chi connectivity index (χ1n) is 38.0. The molecule has 2 aliphatic rings. The zero-order valence-electron chi connectivity index (χ0n) is 66.1. The number of fused-ring (bicyclic) bond motifs is 2. The Kier molecular flexibility index (Phi) is 23.9. The second kappa shape index (κ2) is 35.2. The van der Waals surface area contributed by atoms with Gasteiger partial charge in [-0.2, -0.15) is 5.10 Å². The van der Waals surface area contributed by atoms with Crippen LogP contribution in [-0.4, -0.2) is 116 Å². The Morgan fingerprint density at radius 1 is 0.521 bits per heavy atom. The van der Waals surface area contributed by atoms with Gasteiger partial charge in [0.25, 0.3) is 28.5 Å². The van der Waals surface area contributed by atoms with Crippen LogP contribution in [0.1, 0.15) is 99.4 Å². The maximum absolute atomic E-state index is 15.2. The fraction of sp³-hybridized carbons (Fsp3) is 0.205. The number of benzene rings is 7. The van der Waals surface area contributed by atoms with E-state index >= 15 is 8.78 Å². The van der Waals surface area contributed by atoms with Gasteiger partial charge in [0, 0.05) is 117 Å². The predicted molar refractivity (Wildman–Crippen MR) is 445 cm³/mol. The van der Waals surface area contributed by atoms with Gasteiger partial charge < -0.3 is 50.3 Å². The van der Waals surface area contributed by atoms with Crippen molar-refractivity contribution in [1.82, 2.24) is 63.5 Å². The number of amides is 4. The summed E-state index contributed by atoms with van der Waals surface area (Å²) in [5, 5.41) is 21.2. The van der Waals surface area contributed by atoms with E-state index in [9.17, 15) is 33.6 Å². The number of aromatic nitrogens is 11. The molecule has 6 N–H and O–H groups in total. The number of nitrogens with two attached hydrogens (primary N) is 1. The molecule has 31 heteroatoms. The SMILES string of the molecule is COc1ccc2c(Oc3ccc(CC(=O)c4c(C)n(C)n(-c5ccccc5)c4=O)nn3)ccnc2c1.COc1ccc2c(Oc3ccc(NC(=O)c4c(C5CCCN5)n(C)n(-c5ccccc5)c4=O)cc3F)ccnc2c1.Cn1c(C(C)(C)N)c(C(=O)Nc2ccc(Oc3ccnc(NC(=O)N4CCCC4)c3)c(F)c2)c(=O)n1-c1ccccc1. The molecule has 29 nitrogen and oxygen atoms in total. The van der Waals surface area contributed by atoms with Crippen LogP contribution in [0.2, 0.25) is 0 Å². The molecule has 1 atom stereocenters. The van der Waals surface area contributed by atoms with E-state index in [1.807, 2.05) is 84.9 Å². The Morgan fingerprint density at radius 2 is 1.03 bits per heavy atom. The summed E-state index contributed by atoms with van der Waals surface area (Å²) < 4.78 is 67.6. The number of carbonyl (C=O) groups excluding carboxylic acids is 4. The molecular weight excluding hydrogens is 1530 g/mol. The van der Waals surface area contributed by atoms with Crippen LogP contribution in [0.15, 0.2) is 233 Å². The normalized spacial score (nSPS) is 13.1. The molecule has 4 amide bonds. The molecule has 2 saturated heterocycles. The van der Waals surface area contributed by atoms with Gasteiger partial charge in [0.15, 0.2) is 28.9 Å². The minimum atomic E-state index is -1.04. The monoisotopic (exact) mass is 1610 g/mol. The third-order valence-electron chi connectivity index (χ3n) is 20.1. The third-order valence-corrected chi connectivity index (χ3v) is 20.1. The zero-order valence-corrected chi connectivity index (χ0v) is 66.1. The number of ketones is 1.